The maximum absolute atomic E-state index is 13.2. The average molecular weight is 471 g/mol. The van der Waals surface area contributed by atoms with Crippen LogP contribution in [0.4, 0.5) is 0 Å². The van der Waals surface area contributed by atoms with E-state index in [4.69, 9.17) is 0 Å². The second-order valence-electron chi connectivity index (χ2n) is 11.5. The van der Waals surface area contributed by atoms with Gasteiger partial charge in [0.15, 0.2) is 5.78 Å². The van der Waals surface area contributed by atoms with Crippen LogP contribution in [0, 0.1) is 22.7 Å². The van der Waals surface area contributed by atoms with Crippen LogP contribution in [-0.4, -0.2) is 23.1 Å². The van der Waals surface area contributed by atoms with Crippen LogP contribution < -0.4 is 5.32 Å². The topological polar surface area (TPSA) is 62.0 Å². The molecular formula is C31H38N2O2. The second-order valence-corrected chi connectivity index (χ2v) is 11.5. The number of fused-ring (bicyclic) bond motifs is 2. The van der Waals surface area contributed by atoms with E-state index in [1.165, 1.54) is 41.9 Å². The predicted molar refractivity (Wildman–Crippen MR) is 142 cm³/mol. The lowest BCUT2D eigenvalue weighted by Gasteiger charge is -2.58. The number of aromatic nitrogens is 1. The van der Waals surface area contributed by atoms with Gasteiger partial charge in [-0.3, -0.25) is 9.59 Å². The molecule has 2 N–H and O–H groups in total. The molecule has 4 nitrogen and oxygen atoms in total. The summed E-state index contributed by atoms with van der Waals surface area (Å²) < 4.78 is 0. The Hall–Kier alpha value is -2.88. The van der Waals surface area contributed by atoms with Crippen molar-refractivity contribution in [1.29, 1.82) is 0 Å². The normalized spacial score (nSPS) is 31.0. The molecule has 1 heterocycles. The lowest BCUT2D eigenvalue weighted by Crippen LogP contribution is -2.50. The lowest BCUT2D eigenvalue weighted by molar-refractivity contribution is -0.116. The minimum atomic E-state index is -0.0759. The number of para-hydroxylation sites is 1. The average Bonchev–Trinajstić information content (AvgIpc) is 3.24. The van der Waals surface area contributed by atoms with Crippen molar-refractivity contribution in [2.45, 2.75) is 66.2 Å². The van der Waals surface area contributed by atoms with E-state index in [0.29, 0.717) is 36.1 Å². The quantitative estimate of drug-likeness (QED) is 0.377. The Balaban J connectivity index is 1.27. The number of H-pyrrole nitrogens is 1. The molecule has 0 radical (unpaired) electrons. The maximum Gasteiger partial charge on any atom is 0.202 e. The van der Waals surface area contributed by atoms with Gasteiger partial charge < -0.3 is 10.3 Å². The highest BCUT2D eigenvalue weighted by molar-refractivity contribution is 6.19. The molecule has 1 saturated carbocycles. The smallest absolute Gasteiger partial charge is 0.202 e. The molecule has 1 aromatic carbocycles. The van der Waals surface area contributed by atoms with Gasteiger partial charge in [0, 0.05) is 35.3 Å². The standard InChI is InChI=1S/C31H38N2O2/c1-20-8-7-11-29-30(20,3)14-12-21(2)31(29,4)18-23-16-28(35)26(17-27(23)34)32-15-13-22-19-33-25-10-6-5-9-24(22)25/h5-6,8-10,16-17,19,21,29,32-33H,7,11-15,18H2,1-4H3/t21-,29+,30+,31+/m0/s1. The van der Waals surface area contributed by atoms with Crippen molar-refractivity contribution in [1.82, 2.24) is 10.3 Å². The summed E-state index contributed by atoms with van der Waals surface area (Å²) in [4.78, 5) is 29.5. The van der Waals surface area contributed by atoms with Gasteiger partial charge in [0.2, 0.25) is 5.78 Å². The summed E-state index contributed by atoms with van der Waals surface area (Å²) in [6.07, 6.45) is 13.7. The van der Waals surface area contributed by atoms with Gasteiger partial charge in [-0.05, 0) is 85.8 Å². The van der Waals surface area contributed by atoms with Crippen molar-refractivity contribution >= 4 is 22.5 Å². The van der Waals surface area contributed by atoms with Crippen molar-refractivity contribution in [2.75, 3.05) is 6.54 Å². The van der Waals surface area contributed by atoms with Crippen molar-refractivity contribution in [3.8, 4) is 0 Å². The molecule has 0 saturated heterocycles. The largest absolute Gasteiger partial charge is 0.381 e. The van der Waals surface area contributed by atoms with Crippen molar-refractivity contribution in [3.63, 3.8) is 0 Å². The summed E-state index contributed by atoms with van der Waals surface area (Å²) in [6.45, 7) is 10.0. The molecule has 3 aliphatic carbocycles. The van der Waals surface area contributed by atoms with Gasteiger partial charge in [0.1, 0.15) is 0 Å². The molecule has 184 valence electrons. The predicted octanol–water partition coefficient (Wildman–Crippen LogP) is 6.45. The number of carbonyl (C=O) groups excluding carboxylic acids is 2. The molecule has 0 amide bonds. The van der Waals surface area contributed by atoms with Gasteiger partial charge in [-0.15, -0.1) is 0 Å². The number of allylic oxidation sites excluding steroid dienone is 5. The summed E-state index contributed by atoms with van der Waals surface area (Å²) in [6, 6.07) is 8.22. The summed E-state index contributed by atoms with van der Waals surface area (Å²) in [5, 5.41) is 4.43. The van der Waals surface area contributed by atoms with E-state index in [9.17, 15) is 9.59 Å². The van der Waals surface area contributed by atoms with Crippen LogP contribution in [0.15, 0.2) is 65.5 Å². The molecule has 1 aromatic heterocycles. The zero-order chi connectivity index (χ0) is 24.8. The van der Waals surface area contributed by atoms with Gasteiger partial charge in [-0.1, -0.05) is 50.6 Å². The first-order valence-corrected chi connectivity index (χ1v) is 13.2. The molecule has 4 atom stereocenters. The minimum Gasteiger partial charge on any atom is -0.381 e. The molecule has 0 spiro atoms. The Morgan fingerprint density at radius 2 is 1.89 bits per heavy atom. The summed E-state index contributed by atoms with van der Waals surface area (Å²) >= 11 is 0. The molecule has 3 aliphatic rings. The van der Waals surface area contributed by atoms with Crippen molar-refractivity contribution in [3.05, 3.63) is 71.1 Å². The molecule has 0 aliphatic heterocycles. The highest BCUT2D eigenvalue weighted by Gasteiger charge is 2.53. The summed E-state index contributed by atoms with van der Waals surface area (Å²) in [5.41, 5.74) is 5.14. The van der Waals surface area contributed by atoms with E-state index in [1.807, 2.05) is 18.3 Å². The fraction of sp³-hybridized carbons (Fsp3) is 0.484. The number of carbonyl (C=O) groups is 2. The van der Waals surface area contributed by atoms with E-state index in [0.717, 1.165) is 18.4 Å². The fourth-order valence-corrected chi connectivity index (χ4v) is 7.17. The third-order valence-electron chi connectivity index (χ3n) is 9.71. The zero-order valence-corrected chi connectivity index (χ0v) is 21.5. The van der Waals surface area contributed by atoms with Crippen LogP contribution in [0.5, 0.6) is 0 Å². The molecule has 5 rings (SSSR count). The summed E-state index contributed by atoms with van der Waals surface area (Å²) in [5.74, 6) is 0.971. The first kappa shape index (κ1) is 23.8. The monoisotopic (exact) mass is 470 g/mol. The maximum atomic E-state index is 13.2. The fourth-order valence-electron chi connectivity index (χ4n) is 7.17. The van der Waals surface area contributed by atoms with Crippen LogP contribution in [-0.2, 0) is 16.0 Å². The SMILES string of the molecule is CC1=CCC[C@H]2[C@](C)(CC3=CC(=O)C(NCCc4c[nH]c5ccccc45)=CC3=O)[C@@H](C)CC[C@]12C. The Bertz CT molecular complexity index is 1260. The highest BCUT2D eigenvalue weighted by atomic mass is 16.1. The van der Waals surface area contributed by atoms with Crippen molar-refractivity contribution < 1.29 is 9.59 Å². The molecular weight excluding hydrogens is 432 g/mol. The molecule has 1 fully saturated rings. The number of hydrogen-bond acceptors (Lipinski definition) is 3. The van der Waals surface area contributed by atoms with Crippen LogP contribution in [0.1, 0.15) is 65.4 Å². The lowest BCUT2D eigenvalue weighted by atomic mass is 9.46. The number of hydrogen-bond donors (Lipinski definition) is 2. The second kappa shape index (κ2) is 8.96. The number of ketones is 2. The van der Waals surface area contributed by atoms with Crippen LogP contribution in [0.2, 0.25) is 0 Å². The summed E-state index contributed by atoms with van der Waals surface area (Å²) in [7, 11) is 0. The third kappa shape index (κ3) is 4.11. The van der Waals surface area contributed by atoms with Gasteiger partial charge >= 0.3 is 0 Å². The molecule has 35 heavy (non-hydrogen) atoms. The van der Waals surface area contributed by atoms with Crippen molar-refractivity contribution in [2.24, 2.45) is 22.7 Å². The van der Waals surface area contributed by atoms with E-state index in [1.54, 1.807) is 6.08 Å². The molecule has 0 unspecified atom stereocenters. The van der Waals surface area contributed by atoms with Crippen LogP contribution in [0.25, 0.3) is 10.9 Å². The Kier molecular flexibility index (Phi) is 6.11. The van der Waals surface area contributed by atoms with Crippen LogP contribution >= 0.6 is 0 Å². The van der Waals surface area contributed by atoms with Gasteiger partial charge in [0.25, 0.3) is 0 Å². The van der Waals surface area contributed by atoms with E-state index < -0.39 is 0 Å². The number of aromatic amines is 1. The molecule has 2 aromatic rings. The number of nitrogens with one attached hydrogen (secondary N) is 2. The number of benzene rings is 1. The minimum absolute atomic E-state index is 0.0111. The zero-order valence-electron chi connectivity index (χ0n) is 21.5. The highest BCUT2D eigenvalue weighted by Crippen LogP contribution is 2.62. The molecule has 0 bridgehead atoms. The van der Waals surface area contributed by atoms with E-state index in [-0.39, 0.29) is 22.4 Å². The Labute approximate surface area is 209 Å². The van der Waals surface area contributed by atoms with E-state index in [2.05, 4.69) is 56.2 Å². The van der Waals surface area contributed by atoms with E-state index >= 15 is 0 Å². The third-order valence-corrected chi connectivity index (χ3v) is 9.71. The number of rotatable bonds is 6. The van der Waals surface area contributed by atoms with Gasteiger partial charge in [0.05, 0.1) is 5.70 Å². The Morgan fingerprint density at radius 3 is 2.71 bits per heavy atom. The first-order valence-electron chi connectivity index (χ1n) is 13.2. The first-order chi connectivity index (χ1) is 16.7. The van der Waals surface area contributed by atoms with Gasteiger partial charge in [-0.2, -0.15) is 0 Å². The molecule has 4 heteroatoms. The van der Waals surface area contributed by atoms with Crippen LogP contribution in [0.3, 0.4) is 0 Å². The Morgan fingerprint density at radius 1 is 1.09 bits per heavy atom. The van der Waals surface area contributed by atoms with Gasteiger partial charge in [-0.25, -0.2) is 0 Å².